The molecule has 0 atom stereocenters. The van der Waals surface area contributed by atoms with E-state index < -0.39 is 11.7 Å². The molecule has 8 heteroatoms. The van der Waals surface area contributed by atoms with Crippen LogP contribution in [0.5, 0.6) is 5.75 Å². The lowest BCUT2D eigenvalue weighted by Gasteiger charge is -2.13. The van der Waals surface area contributed by atoms with Crippen molar-refractivity contribution in [3.8, 4) is 22.7 Å². The van der Waals surface area contributed by atoms with Crippen molar-refractivity contribution in [2.24, 2.45) is 0 Å². The number of alkyl halides is 3. The van der Waals surface area contributed by atoms with Crippen LogP contribution >= 0.6 is 11.6 Å². The van der Waals surface area contributed by atoms with Gasteiger partial charge in [-0.1, -0.05) is 23.7 Å². The van der Waals surface area contributed by atoms with Gasteiger partial charge < -0.3 is 10.1 Å². The van der Waals surface area contributed by atoms with Crippen LogP contribution in [-0.2, 0) is 12.6 Å². The van der Waals surface area contributed by atoms with Gasteiger partial charge in [-0.25, -0.2) is 4.68 Å². The van der Waals surface area contributed by atoms with Crippen molar-refractivity contribution in [2.45, 2.75) is 25.4 Å². The van der Waals surface area contributed by atoms with Crippen LogP contribution in [0.4, 0.5) is 19.0 Å². The summed E-state index contributed by atoms with van der Waals surface area (Å²) in [4.78, 5) is 0. The molecule has 0 saturated heterocycles. The predicted octanol–water partition coefficient (Wildman–Crippen LogP) is 5.97. The van der Waals surface area contributed by atoms with Crippen LogP contribution in [0.1, 0.15) is 24.0 Å². The largest absolute Gasteiger partial charge is 0.494 e. The van der Waals surface area contributed by atoms with Crippen molar-refractivity contribution in [3.63, 3.8) is 0 Å². The molecule has 1 aromatic heterocycles. The maximum absolute atomic E-state index is 13.2. The average molecular weight is 422 g/mol. The molecule has 29 heavy (non-hydrogen) atoms. The summed E-state index contributed by atoms with van der Waals surface area (Å²) in [6.07, 6.45) is -1.81. The minimum Gasteiger partial charge on any atom is -0.494 e. The highest BCUT2D eigenvalue weighted by molar-refractivity contribution is 6.30. The summed E-state index contributed by atoms with van der Waals surface area (Å²) in [5.74, 6) is 1.33. The first-order valence-corrected chi connectivity index (χ1v) is 9.63. The molecule has 0 saturated carbocycles. The Morgan fingerprint density at radius 3 is 2.72 bits per heavy atom. The number of aromatic nitrogens is 2. The van der Waals surface area contributed by atoms with Crippen molar-refractivity contribution in [1.82, 2.24) is 9.78 Å². The van der Waals surface area contributed by atoms with E-state index in [1.807, 2.05) is 0 Å². The van der Waals surface area contributed by atoms with Crippen molar-refractivity contribution < 1.29 is 17.9 Å². The molecule has 0 radical (unpaired) electrons. The molecule has 2 heterocycles. The minimum absolute atomic E-state index is 0.430. The molecule has 0 bridgehead atoms. The topological polar surface area (TPSA) is 39.1 Å². The number of rotatable bonds is 3. The maximum Gasteiger partial charge on any atom is 0.416 e. The van der Waals surface area contributed by atoms with Gasteiger partial charge in [0.25, 0.3) is 0 Å². The SMILES string of the molecule is COc1ccc(Cl)cc1-n1nc(-c2cccc(C(F)(F)F)c2)c2c1NCCCC2. The lowest BCUT2D eigenvalue weighted by atomic mass is 10.0. The summed E-state index contributed by atoms with van der Waals surface area (Å²) in [7, 11) is 1.55. The zero-order chi connectivity index (χ0) is 20.6. The van der Waals surface area contributed by atoms with Gasteiger partial charge in [0.1, 0.15) is 17.3 Å². The molecular weight excluding hydrogens is 403 g/mol. The van der Waals surface area contributed by atoms with Crippen molar-refractivity contribution in [3.05, 3.63) is 58.6 Å². The molecule has 0 fully saturated rings. The summed E-state index contributed by atoms with van der Waals surface area (Å²) in [6.45, 7) is 0.754. The van der Waals surface area contributed by atoms with E-state index in [1.165, 1.54) is 6.07 Å². The van der Waals surface area contributed by atoms with Crippen LogP contribution in [0.3, 0.4) is 0 Å². The van der Waals surface area contributed by atoms with E-state index in [0.717, 1.165) is 49.3 Å². The van der Waals surface area contributed by atoms with Crippen molar-refractivity contribution >= 4 is 17.4 Å². The van der Waals surface area contributed by atoms with Gasteiger partial charge in [-0.05, 0) is 49.6 Å². The molecule has 0 aliphatic carbocycles. The normalized spacial score (nSPS) is 14.1. The Bertz CT molecular complexity index is 1050. The Hall–Kier alpha value is -2.67. The second-order valence-corrected chi connectivity index (χ2v) is 7.30. The van der Waals surface area contributed by atoms with E-state index in [4.69, 9.17) is 21.4 Å². The molecule has 1 N–H and O–H groups in total. The van der Waals surface area contributed by atoms with E-state index in [0.29, 0.717) is 27.7 Å². The van der Waals surface area contributed by atoms with Gasteiger partial charge in [0.05, 0.1) is 18.4 Å². The van der Waals surface area contributed by atoms with E-state index >= 15 is 0 Å². The summed E-state index contributed by atoms with van der Waals surface area (Å²) >= 11 is 6.19. The Balaban J connectivity index is 1.93. The third kappa shape index (κ3) is 3.79. The van der Waals surface area contributed by atoms with Gasteiger partial charge in [0.2, 0.25) is 0 Å². The molecule has 0 spiro atoms. The third-order valence-electron chi connectivity index (χ3n) is 4.96. The summed E-state index contributed by atoms with van der Waals surface area (Å²) < 4.78 is 46.8. The fraction of sp³-hybridized carbons (Fsp3) is 0.286. The van der Waals surface area contributed by atoms with Gasteiger partial charge in [0, 0.05) is 22.7 Å². The van der Waals surface area contributed by atoms with Crippen molar-refractivity contribution in [2.75, 3.05) is 19.0 Å². The summed E-state index contributed by atoms with van der Waals surface area (Å²) in [5, 5.41) is 8.59. The number of fused-ring (bicyclic) bond motifs is 1. The van der Waals surface area contributed by atoms with Gasteiger partial charge in [-0.15, -0.1) is 0 Å². The molecule has 0 unspecified atom stereocenters. The van der Waals surface area contributed by atoms with Gasteiger partial charge in [0.15, 0.2) is 0 Å². The standard InChI is InChI=1S/C21H19ClF3N3O/c1-29-18-9-8-15(22)12-17(18)28-20-16(7-2-3-10-26-20)19(27-28)13-5-4-6-14(11-13)21(23,24)25/h4-6,8-9,11-12,26H,2-3,7,10H2,1H3. The van der Waals surface area contributed by atoms with Crippen molar-refractivity contribution in [1.29, 1.82) is 0 Å². The summed E-state index contributed by atoms with van der Waals surface area (Å²) in [5.41, 5.74) is 1.79. The number of ether oxygens (including phenoxy) is 1. The second-order valence-electron chi connectivity index (χ2n) is 6.87. The van der Waals surface area contributed by atoms with Gasteiger partial charge in [-0.3, -0.25) is 0 Å². The fourth-order valence-corrected chi connectivity index (χ4v) is 3.75. The fourth-order valence-electron chi connectivity index (χ4n) is 3.58. The number of benzene rings is 2. The predicted molar refractivity (Wildman–Crippen MR) is 107 cm³/mol. The first-order valence-electron chi connectivity index (χ1n) is 9.26. The van der Waals surface area contributed by atoms with Crippen LogP contribution in [0, 0.1) is 0 Å². The van der Waals surface area contributed by atoms with E-state index in [-0.39, 0.29) is 0 Å². The first-order chi connectivity index (χ1) is 13.9. The number of hydrogen-bond donors (Lipinski definition) is 1. The molecular formula is C21H19ClF3N3O. The Morgan fingerprint density at radius 2 is 1.97 bits per heavy atom. The zero-order valence-electron chi connectivity index (χ0n) is 15.7. The number of nitrogens with zero attached hydrogens (tertiary/aromatic N) is 2. The number of halogens is 4. The molecule has 152 valence electrons. The molecule has 3 aromatic rings. The Labute approximate surface area is 171 Å². The summed E-state index contributed by atoms with van der Waals surface area (Å²) in [6, 6.07) is 10.5. The first kappa shape index (κ1) is 19.6. The van der Waals surface area contributed by atoms with Crippen LogP contribution in [0.15, 0.2) is 42.5 Å². The minimum atomic E-state index is -4.41. The molecule has 0 amide bonds. The Kier molecular flexibility index (Phi) is 5.17. The smallest absolute Gasteiger partial charge is 0.416 e. The van der Waals surface area contributed by atoms with Crippen LogP contribution in [-0.4, -0.2) is 23.4 Å². The average Bonchev–Trinajstić information content (AvgIpc) is 2.88. The molecule has 1 aliphatic rings. The lowest BCUT2D eigenvalue weighted by molar-refractivity contribution is -0.137. The zero-order valence-corrected chi connectivity index (χ0v) is 16.4. The lowest BCUT2D eigenvalue weighted by Crippen LogP contribution is -2.08. The van der Waals surface area contributed by atoms with E-state index in [1.54, 1.807) is 36.1 Å². The number of nitrogens with one attached hydrogen (secondary N) is 1. The van der Waals surface area contributed by atoms with Gasteiger partial charge >= 0.3 is 6.18 Å². The van der Waals surface area contributed by atoms with E-state index in [9.17, 15) is 13.2 Å². The molecule has 2 aromatic carbocycles. The Morgan fingerprint density at radius 1 is 1.14 bits per heavy atom. The maximum atomic E-state index is 13.2. The monoisotopic (exact) mass is 421 g/mol. The highest BCUT2D eigenvalue weighted by atomic mass is 35.5. The second kappa shape index (κ2) is 7.63. The molecule has 4 nitrogen and oxygen atoms in total. The van der Waals surface area contributed by atoms with Crippen LogP contribution in [0.2, 0.25) is 5.02 Å². The van der Waals surface area contributed by atoms with Crippen LogP contribution in [0.25, 0.3) is 16.9 Å². The number of anilines is 1. The van der Waals surface area contributed by atoms with Crippen LogP contribution < -0.4 is 10.1 Å². The number of methoxy groups -OCH3 is 1. The highest BCUT2D eigenvalue weighted by Crippen LogP contribution is 2.38. The molecule has 1 aliphatic heterocycles. The number of hydrogen-bond acceptors (Lipinski definition) is 3. The third-order valence-corrected chi connectivity index (χ3v) is 5.20. The quantitative estimate of drug-likeness (QED) is 0.566. The molecule has 4 rings (SSSR count). The van der Waals surface area contributed by atoms with E-state index in [2.05, 4.69) is 5.32 Å². The highest BCUT2D eigenvalue weighted by Gasteiger charge is 2.31. The van der Waals surface area contributed by atoms with Gasteiger partial charge in [-0.2, -0.15) is 18.3 Å².